The molecular weight excluding hydrogens is 1890 g/mol. The van der Waals surface area contributed by atoms with Gasteiger partial charge < -0.3 is 61.7 Å². The molecule has 6 fully saturated rings. The van der Waals surface area contributed by atoms with Crippen molar-refractivity contribution in [2.75, 3.05) is 56.5 Å². The van der Waals surface area contributed by atoms with E-state index < -0.39 is 76.7 Å². The van der Waals surface area contributed by atoms with Gasteiger partial charge in [-0.2, -0.15) is 30.0 Å². The highest BCUT2D eigenvalue weighted by atomic mass is 16.6. The number of nitrogens with one attached hydrogen (secondary N) is 1. The second-order valence-corrected chi connectivity index (χ2v) is 44.5. The summed E-state index contributed by atoms with van der Waals surface area (Å²) in [6.07, 6.45) is 13.0. The number of carboxylic acid groups (broad SMARTS) is 3. The van der Waals surface area contributed by atoms with Crippen LogP contribution in [0.1, 0.15) is 245 Å². The summed E-state index contributed by atoms with van der Waals surface area (Å²) >= 11 is 0. The fourth-order valence-corrected chi connectivity index (χ4v) is 20.0. The highest BCUT2D eigenvalue weighted by Gasteiger charge is 2.47. The second kappa shape index (κ2) is 49.3. The third-order valence-electron chi connectivity index (χ3n) is 27.9. The molecule has 9 aliphatic heterocycles. The molecule has 12 atom stereocenters. The molecular formula is C115H154N18O16. The summed E-state index contributed by atoms with van der Waals surface area (Å²) < 4.78 is 21.4. The minimum Gasteiger partial charge on any atom is -0.480 e. The summed E-state index contributed by atoms with van der Waals surface area (Å²) in [5.74, 6) is -1.27. The molecule has 0 unspecified atom stereocenters. The lowest BCUT2D eigenvalue weighted by Gasteiger charge is -2.30. The van der Waals surface area contributed by atoms with E-state index in [9.17, 15) is 43.2 Å². The molecule has 9 aromatic rings. The van der Waals surface area contributed by atoms with Crippen LogP contribution in [-0.4, -0.2) is 239 Å². The van der Waals surface area contributed by atoms with Crippen LogP contribution in [-0.2, 0) is 59.0 Å². The molecule has 0 saturated carbocycles. The van der Waals surface area contributed by atoms with Crippen LogP contribution < -0.4 is 22.5 Å². The Morgan fingerprint density at radius 1 is 0.376 bits per heavy atom. The maximum absolute atomic E-state index is 13.8. The van der Waals surface area contributed by atoms with Gasteiger partial charge >= 0.3 is 42.3 Å². The number of fused-ring (bicyclic) bond motifs is 3. The number of nitrogen functional groups attached to an aromatic ring is 3. The Balaban J connectivity index is 0.000000165. The number of Topliss-reactive ketones (excluding diaryl/α,β-unsaturated/α-hetero) is 1. The number of rotatable bonds is 12. The molecule has 0 radical (unpaired) electrons. The minimum absolute atomic E-state index is 0.0168. The molecule has 18 rings (SSSR count). The summed E-state index contributed by atoms with van der Waals surface area (Å²) in [5, 5.41) is 47.0. The first-order valence-corrected chi connectivity index (χ1v) is 51.6. The summed E-state index contributed by atoms with van der Waals surface area (Å²) in [6.45, 7) is 52.4. The van der Waals surface area contributed by atoms with E-state index in [1.165, 1.54) is 83.0 Å². The molecule has 2 aromatic heterocycles. The highest BCUT2D eigenvalue weighted by molar-refractivity contribution is 6.05. The van der Waals surface area contributed by atoms with Crippen LogP contribution in [0, 0.1) is 84.0 Å². The average molecular weight is 2040 g/mol. The molecule has 0 aliphatic carbocycles. The van der Waals surface area contributed by atoms with Crippen molar-refractivity contribution in [2.45, 2.75) is 296 Å². The molecule has 0 spiro atoms. The Kier molecular flexibility index (Phi) is 38.1. The number of benzene rings is 7. The standard InChI is InChI=1S/C24H25N5O.C19H28N2O3.C19H26N2O2.C14H18N2.2C11H19NO4.C10H9N3O2.C7H10N2/c1-15-7-8-22(29-25-10-11-26-29)19(13-15)24(30)28-12-9-17(3)23(28)21-14-18-16(2)5-4-6-20(18)27-21;1-12-7-6-8-14(16(12)20)11-15(22)17-13(2)9-10-21(17)18(23)24-19(3,4)5;1-12-7-6-8-15-14(12)11-16(20-15)17-13(2)9-10-21(17)18(22)23-19(3,4)5;1-9-4-3-5-12-11(9)8-13(16-12)14-10(2)6-7-15-14;2*1-7-5-6-12(8(7)9(13)14)10(15)16-11(2,3)4;1-7-2-3-9(8(6-7)10(14)15)13-11-4-5-12-13;1-5-3-2-4-6(8)7(5)9/h4-8,10-11,13,17,23H,9,12,14H2,1-3H3;6-8,13,17H,9-11,20H2,1-5H3;6-8,13,17H,9-11H2,1-5H3;3-5,10,14-15H,6-8H2,1-2H3;2*7-8H,5-6H2,1-4H3,(H,13,14);2-6H,1H3,(H,14,15);2-4H,8-9H2,1H3/t17-,23-;2*13-,17-;10-,14-;2*7-,8-;;/m000000../s1. The number of likely N-dealkylation sites (tertiary alicyclic amines) is 5. The predicted molar refractivity (Wildman–Crippen MR) is 581 cm³/mol. The van der Waals surface area contributed by atoms with E-state index in [-0.39, 0.29) is 59.6 Å². The van der Waals surface area contributed by atoms with E-state index >= 15 is 0 Å². The van der Waals surface area contributed by atoms with Gasteiger partial charge in [0.05, 0.1) is 88.2 Å². The van der Waals surface area contributed by atoms with Crippen molar-refractivity contribution in [1.82, 2.24) is 59.8 Å². The zero-order chi connectivity index (χ0) is 109. The second-order valence-electron chi connectivity index (χ2n) is 44.5. The van der Waals surface area contributed by atoms with Crippen LogP contribution in [0.2, 0.25) is 0 Å². The Hall–Kier alpha value is -14.2. The Bertz CT molecular complexity index is 6300. The normalized spacial score (nSPS) is 21.2. The number of aliphatic imine (C=N–C) groups is 3. The van der Waals surface area contributed by atoms with Gasteiger partial charge in [0, 0.05) is 87.3 Å². The van der Waals surface area contributed by atoms with E-state index in [0.29, 0.717) is 84.4 Å². The van der Waals surface area contributed by atoms with Crippen LogP contribution in [0.5, 0.6) is 0 Å². The van der Waals surface area contributed by atoms with Gasteiger partial charge in [0.2, 0.25) is 0 Å². The number of anilines is 3. The molecule has 0 bridgehead atoms. The monoisotopic (exact) mass is 2040 g/mol. The molecule has 10 N–H and O–H groups in total. The quantitative estimate of drug-likeness (QED) is 0.0441. The lowest BCUT2D eigenvalue weighted by Crippen LogP contribution is -2.45. The summed E-state index contributed by atoms with van der Waals surface area (Å²) in [4.78, 5) is 134. The van der Waals surface area contributed by atoms with Gasteiger partial charge in [0.1, 0.15) is 40.2 Å². The number of hydrogen-bond acceptors (Lipinski definition) is 24. The smallest absolute Gasteiger partial charge is 0.411 e. The lowest BCUT2D eigenvalue weighted by atomic mass is 9.93. The van der Waals surface area contributed by atoms with Crippen molar-refractivity contribution in [3.05, 3.63) is 225 Å². The van der Waals surface area contributed by atoms with Gasteiger partial charge in [-0.3, -0.25) is 44.2 Å². The highest BCUT2D eigenvalue weighted by Crippen LogP contribution is 2.41. The molecule has 5 amide bonds. The predicted octanol–water partition coefficient (Wildman–Crippen LogP) is 20.2. The van der Waals surface area contributed by atoms with Crippen molar-refractivity contribution in [2.24, 2.45) is 50.5 Å². The summed E-state index contributed by atoms with van der Waals surface area (Å²) in [7, 11) is 0. The number of nitrogens with two attached hydrogens (primary N) is 3. The Morgan fingerprint density at radius 2 is 0.711 bits per heavy atom. The first kappa shape index (κ1) is 115. The van der Waals surface area contributed by atoms with Crippen molar-refractivity contribution in [3.63, 3.8) is 0 Å². The number of para-hydroxylation sites is 2. The molecule has 7 aromatic carbocycles. The maximum Gasteiger partial charge on any atom is 0.411 e. The Morgan fingerprint density at radius 3 is 1.09 bits per heavy atom. The number of ketones is 1. The van der Waals surface area contributed by atoms with E-state index in [1.807, 2.05) is 160 Å². The van der Waals surface area contributed by atoms with Crippen LogP contribution in [0.15, 0.2) is 167 Å². The number of carbonyl (C=O) groups excluding carboxylic acids is 6. The van der Waals surface area contributed by atoms with Crippen LogP contribution >= 0.6 is 0 Å². The molecule has 800 valence electrons. The fraction of sp³-hybridized carbons (Fsp3) is 0.496. The Labute approximate surface area is 876 Å². The van der Waals surface area contributed by atoms with E-state index in [4.69, 9.17) is 66.4 Å². The first-order valence-electron chi connectivity index (χ1n) is 51.6. The molecule has 149 heavy (non-hydrogen) atoms. The number of aromatic nitrogens is 6. The van der Waals surface area contributed by atoms with Crippen LogP contribution in [0.25, 0.3) is 11.4 Å². The van der Waals surface area contributed by atoms with Gasteiger partial charge in [0.25, 0.3) is 5.91 Å². The number of aromatic carboxylic acids is 1. The van der Waals surface area contributed by atoms with E-state index in [2.05, 4.69) is 116 Å². The van der Waals surface area contributed by atoms with Gasteiger partial charge in [-0.05, 0) is 311 Å². The number of amides is 5. The number of aryl methyl sites for hydroxylation is 7. The molecule has 11 heterocycles. The van der Waals surface area contributed by atoms with E-state index in [0.717, 1.165) is 115 Å². The van der Waals surface area contributed by atoms with Crippen molar-refractivity contribution < 1.29 is 77.4 Å². The van der Waals surface area contributed by atoms with Crippen molar-refractivity contribution in [1.29, 1.82) is 0 Å². The third kappa shape index (κ3) is 29.9. The van der Waals surface area contributed by atoms with Crippen molar-refractivity contribution in [3.8, 4) is 11.4 Å². The maximum atomic E-state index is 13.8. The van der Waals surface area contributed by atoms with Gasteiger partial charge in [-0.1, -0.05) is 132 Å². The van der Waals surface area contributed by atoms with Gasteiger partial charge in [0.15, 0.2) is 5.78 Å². The average Bonchev–Trinajstić information content (AvgIpc) is 1.62. The number of hydrogen-bond donors (Lipinski definition) is 7. The lowest BCUT2D eigenvalue weighted by molar-refractivity contribution is -0.144. The van der Waals surface area contributed by atoms with Gasteiger partial charge in [-0.15, -0.1) is 0 Å². The SMILES string of the molecule is C[C@H]1CCN(C(=O)OC(C)(C)C)[C@@H]1C(=O)O.C[C@H]1CCN(C(=O)OC(C)(C)C)[C@@H]1C(=O)O.Cc1ccc(-n2nccn2)c(C(=O)N2CC[C@H](C)[C@H]2C2=Nc3cccc(C)c3C2)c1.Cc1ccc(-n2nccn2)c(C(=O)O)c1.Cc1cccc(CC(=O)[C@@H]2[C@@H](C)CCN2C(=O)OC(C)(C)C)c1N.Cc1cccc(N)c1N.Cc1cccc2c1CC([C@@H]1[C@@H](C)CCN1C(=O)OC(C)(C)C)=N2.Cc1cccc2c1CC([C@H]1NCC[C@@H]1C)=N2. The van der Waals surface area contributed by atoms with Gasteiger partial charge in [-0.25, -0.2) is 33.6 Å². The van der Waals surface area contributed by atoms with Crippen molar-refractivity contribution >= 4 is 105 Å². The number of carbonyl (C=O) groups is 9. The largest absolute Gasteiger partial charge is 0.480 e. The third-order valence-corrected chi connectivity index (χ3v) is 27.9. The molecule has 9 aliphatic rings. The zero-order valence-electron chi connectivity index (χ0n) is 91.3. The van der Waals surface area contributed by atoms with E-state index in [1.54, 1.807) is 77.0 Å². The number of nitrogens with zero attached hydrogens (tertiary/aromatic N) is 14. The molecule has 34 heteroatoms. The number of aliphatic carboxylic acids is 2. The fourth-order valence-electron chi connectivity index (χ4n) is 20.0. The molecule has 34 nitrogen and oxygen atoms in total. The number of ether oxygens (including phenoxy) is 4. The first-order chi connectivity index (χ1) is 70.0. The zero-order valence-corrected chi connectivity index (χ0v) is 91.3. The summed E-state index contributed by atoms with van der Waals surface area (Å²) in [6, 6.07) is 39.8. The van der Waals surface area contributed by atoms with Crippen LogP contribution in [0.3, 0.4) is 0 Å². The minimum atomic E-state index is -0.981. The number of carboxylic acids is 3. The molecule has 6 saturated heterocycles. The summed E-state index contributed by atoms with van der Waals surface area (Å²) in [5.41, 5.74) is 38.5. The topological polar surface area (TPSA) is 456 Å². The van der Waals surface area contributed by atoms with Crippen LogP contribution in [0.4, 0.5) is 53.3 Å².